The molecule has 2 saturated heterocycles. The van der Waals surface area contributed by atoms with Crippen LogP contribution in [-0.4, -0.2) is 86.1 Å². The van der Waals surface area contributed by atoms with Crippen LogP contribution in [0.25, 0.3) is 10.9 Å². The Hall–Kier alpha value is -2.99. The van der Waals surface area contributed by atoms with Crippen LogP contribution in [-0.2, 0) is 11.3 Å². The minimum absolute atomic E-state index is 0.0223. The van der Waals surface area contributed by atoms with Crippen molar-refractivity contribution in [3.8, 4) is 5.75 Å². The highest BCUT2D eigenvalue weighted by Crippen LogP contribution is 2.41. The van der Waals surface area contributed by atoms with Gasteiger partial charge in [-0.2, -0.15) is 0 Å². The number of alkyl halides is 1. The van der Waals surface area contributed by atoms with E-state index in [0.717, 1.165) is 36.2 Å². The summed E-state index contributed by atoms with van der Waals surface area (Å²) in [6.07, 6.45) is 2.78. The van der Waals surface area contributed by atoms with Crippen LogP contribution in [0.2, 0.25) is 0 Å². The topological polar surface area (TPSA) is 70.1 Å². The molecule has 1 atom stereocenters. The normalized spacial score (nSPS) is 18.6. The van der Waals surface area contributed by atoms with Crippen molar-refractivity contribution in [3.63, 3.8) is 0 Å². The predicted molar refractivity (Wildman–Crippen MR) is 157 cm³/mol. The van der Waals surface area contributed by atoms with Crippen LogP contribution in [0.3, 0.4) is 0 Å². The number of anilines is 1. The standard InChI is InChI=1S/C32H40F4N4O3/c1-42-24-2-3-29-25(18-24)30(22(19-38-29)20-40-12-14-43-15-13-40)26(33)4-5-32(21-41)6-9-39(10-7-32)11-8-37-23-16-27(34)31(36)28(35)17-23/h2-3,16-19,26,37,41H,4-15,20-21H2,1H3. The number of hydrogen-bond donors (Lipinski definition) is 2. The molecule has 0 bridgehead atoms. The lowest BCUT2D eigenvalue weighted by molar-refractivity contribution is 0.0306. The molecule has 3 aromatic rings. The summed E-state index contributed by atoms with van der Waals surface area (Å²) in [5, 5.41) is 14.1. The molecule has 234 valence electrons. The molecule has 0 spiro atoms. The number of rotatable bonds is 12. The molecule has 43 heavy (non-hydrogen) atoms. The number of morpholine rings is 1. The number of methoxy groups -OCH3 is 1. The first-order valence-electron chi connectivity index (χ1n) is 14.9. The van der Waals surface area contributed by atoms with E-state index in [4.69, 9.17) is 9.47 Å². The van der Waals surface area contributed by atoms with Crippen LogP contribution in [0, 0.1) is 22.9 Å². The maximum absolute atomic E-state index is 16.4. The third-order valence-corrected chi connectivity index (χ3v) is 8.93. The Bertz CT molecular complexity index is 1360. The van der Waals surface area contributed by atoms with Gasteiger partial charge in [0.15, 0.2) is 17.5 Å². The van der Waals surface area contributed by atoms with Gasteiger partial charge in [-0.05, 0) is 68.0 Å². The summed E-state index contributed by atoms with van der Waals surface area (Å²) in [4.78, 5) is 9.08. The number of pyridine rings is 1. The quantitative estimate of drug-likeness (QED) is 0.210. The van der Waals surface area contributed by atoms with Crippen molar-refractivity contribution in [2.24, 2.45) is 5.41 Å². The van der Waals surface area contributed by atoms with Gasteiger partial charge in [-0.1, -0.05) is 0 Å². The van der Waals surface area contributed by atoms with Gasteiger partial charge in [-0.3, -0.25) is 9.88 Å². The minimum Gasteiger partial charge on any atom is -0.497 e. The van der Waals surface area contributed by atoms with E-state index >= 15 is 4.39 Å². The van der Waals surface area contributed by atoms with Gasteiger partial charge in [-0.25, -0.2) is 17.6 Å². The molecule has 7 nitrogen and oxygen atoms in total. The third-order valence-electron chi connectivity index (χ3n) is 8.93. The molecule has 1 aromatic heterocycles. The number of benzene rings is 2. The van der Waals surface area contributed by atoms with Gasteiger partial charge in [0.25, 0.3) is 0 Å². The Labute approximate surface area is 249 Å². The van der Waals surface area contributed by atoms with Crippen molar-refractivity contribution in [2.75, 3.05) is 71.5 Å². The number of likely N-dealkylation sites (tertiary alicyclic amines) is 1. The molecule has 3 heterocycles. The highest BCUT2D eigenvalue weighted by Gasteiger charge is 2.35. The fourth-order valence-corrected chi connectivity index (χ4v) is 6.19. The highest BCUT2D eigenvalue weighted by molar-refractivity contribution is 5.85. The molecule has 2 aliphatic heterocycles. The van der Waals surface area contributed by atoms with Crippen molar-refractivity contribution in [2.45, 2.75) is 38.4 Å². The van der Waals surface area contributed by atoms with E-state index in [1.807, 2.05) is 18.2 Å². The second kappa shape index (κ2) is 14.2. The minimum atomic E-state index is -1.48. The van der Waals surface area contributed by atoms with Gasteiger partial charge < -0.3 is 24.8 Å². The van der Waals surface area contributed by atoms with Crippen molar-refractivity contribution < 1.29 is 32.1 Å². The number of aromatic nitrogens is 1. The summed E-state index contributed by atoms with van der Waals surface area (Å²) in [5.74, 6) is -3.30. The van der Waals surface area contributed by atoms with Crippen molar-refractivity contribution in [3.05, 3.63) is 65.1 Å². The maximum atomic E-state index is 16.4. The van der Waals surface area contributed by atoms with Gasteiger partial charge >= 0.3 is 0 Å². The molecule has 2 N–H and O–H groups in total. The summed E-state index contributed by atoms with van der Waals surface area (Å²) < 4.78 is 67.5. The molecular formula is C32H40F4N4O3. The van der Waals surface area contributed by atoms with Gasteiger partial charge in [0.1, 0.15) is 11.9 Å². The van der Waals surface area contributed by atoms with Crippen LogP contribution in [0.5, 0.6) is 5.75 Å². The van der Waals surface area contributed by atoms with E-state index in [9.17, 15) is 18.3 Å². The van der Waals surface area contributed by atoms with E-state index in [1.54, 1.807) is 13.3 Å². The monoisotopic (exact) mass is 604 g/mol. The molecule has 0 radical (unpaired) electrons. The summed E-state index contributed by atoms with van der Waals surface area (Å²) in [6.45, 7) is 5.89. The molecule has 2 aromatic carbocycles. The molecule has 2 fully saturated rings. The largest absolute Gasteiger partial charge is 0.497 e. The Morgan fingerprint density at radius 3 is 2.44 bits per heavy atom. The number of aliphatic hydroxyl groups is 1. The number of hydrogen-bond acceptors (Lipinski definition) is 7. The molecule has 1 unspecified atom stereocenters. The third kappa shape index (κ3) is 7.57. The first-order chi connectivity index (χ1) is 20.8. The van der Waals surface area contributed by atoms with Crippen molar-refractivity contribution in [1.29, 1.82) is 0 Å². The van der Waals surface area contributed by atoms with Crippen LogP contribution in [0.15, 0.2) is 36.5 Å². The molecule has 0 aliphatic carbocycles. The summed E-state index contributed by atoms with van der Waals surface area (Å²) in [6, 6.07) is 7.41. The maximum Gasteiger partial charge on any atom is 0.194 e. The SMILES string of the molecule is COc1ccc2ncc(CN3CCOCC3)c(C(F)CCC3(CO)CCN(CCNc4cc(F)c(F)c(F)c4)CC3)c2c1. The van der Waals surface area contributed by atoms with Crippen LogP contribution in [0.1, 0.15) is 43.0 Å². The zero-order valence-corrected chi connectivity index (χ0v) is 24.6. The van der Waals surface area contributed by atoms with E-state index in [0.29, 0.717) is 82.0 Å². The van der Waals surface area contributed by atoms with Crippen molar-refractivity contribution >= 4 is 16.6 Å². The van der Waals surface area contributed by atoms with Crippen LogP contribution >= 0.6 is 0 Å². The number of nitrogens with one attached hydrogen (secondary N) is 1. The lowest BCUT2D eigenvalue weighted by atomic mass is 9.74. The number of nitrogens with zero attached hydrogens (tertiary/aromatic N) is 3. The van der Waals surface area contributed by atoms with E-state index in [2.05, 4.69) is 20.1 Å². The van der Waals surface area contributed by atoms with Gasteiger partial charge in [-0.15, -0.1) is 0 Å². The first-order valence-corrected chi connectivity index (χ1v) is 14.9. The number of piperidine rings is 1. The summed E-state index contributed by atoms with van der Waals surface area (Å²) in [5.41, 5.74) is 2.01. The van der Waals surface area contributed by atoms with Crippen LogP contribution < -0.4 is 10.1 Å². The van der Waals surface area contributed by atoms with Gasteiger partial charge in [0.05, 0.1) is 25.8 Å². The Kier molecular flexibility index (Phi) is 10.4. The van der Waals surface area contributed by atoms with Crippen molar-refractivity contribution in [1.82, 2.24) is 14.8 Å². The van der Waals surface area contributed by atoms with E-state index in [1.165, 1.54) is 0 Å². The summed E-state index contributed by atoms with van der Waals surface area (Å²) in [7, 11) is 1.59. The number of aliphatic hydroxyl groups excluding tert-OH is 1. The smallest absolute Gasteiger partial charge is 0.194 e. The zero-order valence-electron chi connectivity index (χ0n) is 24.6. The Morgan fingerprint density at radius 1 is 1.05 bits per heavy atom. The molecule has 0 saturated carbocycles. The van der Waals surface area contributed by atoms with Crippen LogP contribution in [0.4, 0.5) is 23.2 Å². The molecular weight excluding hydrogens is 564 g/mol. The molecule has 5 rings (SSSR count). The number of ether oxygens (including phenoxy) is 2. The Morgan fingerprint density at radius 2 is 1.77 bits per heavy atom. The highest BCUT2D eigenvalue weighted by atomic mass is 19.2. The fourth-order valence-electron chi connectivity index (χ4n) is 6.19. The zero-order chi connectivity index (χ0) is 30.4. The lowest BCUT2D eigenvalue weighted by Gasteiger charge is -2.41. The van der Waals surface area contributed by atoms with E-state index < -0.39 is 23.6 Å². The average molecular weight is 605 g/mol. The first kappa shape index (κ1) is 31.4. The number of fused-ring (bicyclic) bond motifs is 1. The van der Waals surface area contributed by atoms with E-state index in [-0.39, 0.29) is 24.1 Å². The lowest BCUT2D eigenvalue weighted by Crippen LogP contribution is -2.43. The summed E-state index contributed by atoms with van der Waals surface area (Å²) >= 11 is 0. The molecule has 2 aliphatic rings. The van der Waals surface area contributed by atoms with Gasteiger partial charge in [0.2, 0.25) is 0 Å². The molecule has 11 heteroatoms. The van der Waals surface area contributed by atoms with Gasteiger partial charge in [0, 0.05) is 74.3 Å². The fraction of sp³-hybridized carbons (Fsp3) is 0.531. The average Bonchev–Trinajstić information content (AvgIpc) is 3.03. The number of halogens is 4. The Balaban J connectivity index is 1.22. The predicted octanol–water partition coefficient (Wildman–Crippen LogP) is 5.47. The second-order valence-corrected chi connectivity index (χ2v) is 11.7. The second-order valence-electron chi connectivity index (χ2n) is 11.7. The molecule has 0 amide bonds.